The van der Waals surface area contributed by atoms with E-state index in [2.05, 4.69) is 26.0 Å². The minimum Gasteiger partial charge on any atom is -0.462 e. The minimum absolute atomic E-state index is 0.0706. The third kappa shape index (κ3) is 8.28. The van der Waals surface area contributed by atoms with E-state index in [1.165, 1.54) is 32.1 Å². The number of esters is 1. The summed E-state index contributed by atoms with van der Waals surface area (Å²) in [4.78, 5) is 12.3. The van der Waals surface area contributed by atoms with Crippen LogP contribution < -0.4 is 0 Å². The van der Waals surface area contributed by atoms with Gasteiger partial charge in [0.15, 0.2) is 0 Å². The van der Waals surface area contributed by atoms with Crippen molar-refractivity contribution < 1.29 is 9.53 Å². The number of unbranched alkanes of at least 4 members (excludes halogenated alkanes) is 2. The lowest BCUT2D eigenvalue weighted by Crippen LogP contribution is -2.26. The van der Waals surface area contributed by atoms with Gasteiger partial charge in [-0.2, -0.15) is 0 Å². The Labute approximate surface area is 131 Å². The number of rotatable bonds is 10. The van der Waals surface area contributed by atoms with Gasteiger partial charge in [-0.05, 0) is 57.8 Å². The normalized spacial score (nSPS) is 18.0. The molecule has 0 bridgehead atoms. The number of hydrogen-bond acceptors (Lipinski definition) is 2. The van der Waals surface area contributed by atoms with Gasteiger partial charge >= 0.3 is 5.97 Å². The summed E-state index contributed by atoms with van der Waals surface area (Å²) in [7, 11) is 0. The van der Waals surface area contributed by atoms with Crippen molar-refractivity contribution in [3.05, 3.63) is 12.2 Å². The molecule has 0 aromatic heterocycles. The van der Waals surface area contributed by atoms with Crippen molar-refractivity contribution >= 4 is 5.97 Å². The van der Waals surface area contributed by atoms with E-state index in [1.807, 2.05) is 0 Å². The zero-order valence-electron chi connectivity index (χ0n) is 14.1. The standard InChI is InChI=1S/C19H34O2/c1-3-5-6-7-8-10-14-17(13-4-2)19(20)21-18-15-11-9-12-16-18/h6-7,17-18H,3-5,8-16H2,1-2H3/b7-6+. The number of carbonyl (C=O) groups is 1. The van der Waals surface area contributed by atoms with E-state index in [0.717, 1.165) is 44.9 Å². The molecule has 0 radical (unpaired) electrons. The van der Waals surface area contributed by atoms with Crippen LogP contribution in [0.4, 0.5) is 0 Å². The lowest BCUT2D eigenvalue weighted by Gasteiger charge is -2.24. The second-order valence-corrected chi connectivity index (χ2v) is 6.37. The van der Waals surface area contributed by atoms with Crippen LogP contribution in [0.2, 0.25) is 0 Å². The molecule has 0 amide bonds. The van der Waals surface area contributed by atoms with Crippen LogP contribution in [0.25, 0.3) is 0 Å². The predicted molar refractivity (Wildman–Crippen MR) is 89.3 cm³/mol. The van der Waals surface area contributed by atoms with Crippen LogP contribution in [0.5, 0.6) is 0 Å². The van der Waals surface area contributed by atoms with E-state index in [4.69, 9.17) is 4.74 Å². The van der Waals surface area contributed by atoms with E-state index >= 15 is 0 Å². The molecule has 1 saturated carbocycles. The molecule has 122 valence electrons. The average Bonchev–Trinajstić information content (AvgIpc) is 2.50. The first kappa shape index (κ1) is 18.3. The maximum absolute atomic E-state index is 12.3. The van der Waals surface area contributed by atoms with Gasteiger partial charge in [0, 0.05) is 0 Å². The Bertz CT molecular complexity index is 290. The van der Waals surface area contributed by atoms with Gasteiger partial charge in [-0.1, -0.05) is 45.3 Å². The Balaban J connectivity index is 2.27. The van der Waals surface area contributed by atoms with Gasteiger partial charge in [-0.3, -0.25) is 4.79 Å². The van der Waals surface area contributed by atoms with Crippen molar-refractivity contribution in [1.82, 2.24) is 0 Å². The number of allylic oxidation sites excluding steroid dienone is 2. The van der Waals surface area contributed by atoms with Crippen LogP contribution in [-0.2, 0) is 9.53 Å². The van der Waals surface area contributed by atoms with E-state index in [9.17, 15) is 4.79 Å². The molecule has 1 rings (SSSR count). The number of hydrogen-bond donors (Lipinski definition) is 0. The van der Waals surface area contributed by atoms with Crippen molar-refractivity contribution in [2.24, 2.45) is 5.92 Å². The lowest BCUT2D eigenvalue weighted by atomic mass is 9.95. The molecule has 0 spiro atoms. The third-order valence-corrected chi connectivity index (χ3v) is 4.35. The van der Waals surface area contributed by atoms with Crippen molar-refractivity contribution in [1.29, 1.82) is 0 Å². The largest absolute Gasteiger partial charge is 0.462 e. The second-order valence-electron chi connectivity index (χ2n) is 6.37. The van der Waals surface area contributed by atoms with Crippen LogP contribution in [0.3, 0.4) is 0 Å². The Kier molecular flexibility index (Phi) is 10.3. The van der Waals surface area contributed by atoms with Gasteiger partial charge in [0.05, 0.1) is 5.92 Å². The molecule has 0 aromatic carbocycles. The van der Waals surface area contributed by atoms with Gasteiger partial charge in [-0.25, -0.2) is 0 Å². The summed E-state index contributed by atoms with van der Waals surface area (Å²) in [5.74, 6) is 0.192. The average molecular weight is 294 g/mol. The third-order valence-electron chi connectivity index (χ3n) is 4.35. The zero-order chi connectivity index (χ0) is 15.3. The molecule has 1 atom stereocenters. The monoisotopic (exact) mass is 294 g/mol. The molecule has 0 N–H and O–H groups in total. The van der Waals surface area contributed by atoms with E-state index in [-0.39, 0.29) is 18.0 Å². The molecule has 1 fully saturated rings. The van der Waals surface area contributed by atoms with Gasteiger partial charge in [-0.15, -0.1) is 0 Å². The quantitative estimate of drug-likeness (QED) is 0.289. The van der Waals surface area contributed by atoms with Crippen LogP contribution in [-0.4, -0.2) is 12.1 Å². The Morgan fingerprint density at radius 3 is 2.43 bits per heavy atom. The Morgan fingerprint density at radius 2 is 1.76 bits per heavy atom. The lowest BCUT2D eigenvalue weighted by molar-refractivity contribution is -0.156. The first-order chi connectivity index (χ1) is 10.3. The fourth-order valence-electron chi connectivity index (χ4n) is 3.06. The molecule has 1 aliphatic carbocycles. The maximum atomic E-state index is 12.3. The number of ether oxygens (including phenoxy) is 1. The summed E-state index contributed by atoms with van der Waals surface area (Å²) in [6.07, 6.45) is 18.2. The highest BCUT2D eigenvalue weighted by Crippen LogP contribution is 2.24. The number of carbonyl (C=O) groups excluding carboxylic acids is 1. The molecule has 2 nitrogen and oxygen atoms in total. The molecule has 2 heteroatoms. The fourth-order valence-corrected chi connectivity index (χ4v) is 3.06. The fraction of sp³-hybridized carbons (Fsp3) is 0.842. The second kappa shape index (κ2) is 11.8. The zero-order valence-corrected chi connectivity index (χ0v) is 14.1. The van der Waals surface area contributed by atoms with Gasteiger partial charge in [0.25, 0.3) is 0 Å². The smallest absolute Gasteiger partial charge is 0.309 e. The SMILES string of the molecule is CCC/C=C/CCCC(CCC)C(=O)OC1CCCCC1. The molecule has 1 aliphatic rings. The summed E-state index contributed by atoms with van der Waals surface area (Å²) in [6.45, 7) is 4.35. The summed E-state index contributed by atoms with van der Waals surface area (Å²) in [5, 5.41) is 0. The Hall–Kier alpha value is -0.790. The first-order valence-corrected chi connectivity index (χ1v) is 9.13. The van der Waals surface area contributed by atoms with Crippen molar-refractivity contribution in [2.75, 3.05) is 0 Å². The topological polar surface area (TPSA) is 26.3 Å². The molecule has 0 heterocycles. The maximum Gasteiger partial charge on any atom is 0.309 e. The van der Waals surface area contributed by atoms with Gasteiger partial charge in [0.2, 0.25) is 0 Å². The molecule has 0 aromatic rings. The van der Waals surface area contributed by atoms with E-state index < -0.39 is 0 Å². The predicted octanol–water partition coefficient (Wildman–Crippen LogP) is 5.81. The molecule has 0 aliphatic heterocycles. The Morgan fingerprint density at radius 1 is 1.05 bits per heavy atom. The molecule has 0 saturated heterocycles. The van der Waals surface area contributed by atoms with E-state index in [1.54, 1.807) is 0 Å². The molecular formula is C19H34O2. The highest BCUT2D eigenvalue weighted by Gasteiger charge is 2.23. The minimum atomic E-state index is 0.0706. The van der Waals surface area contributed by atoms with Crippen molar-refractivity contribution in [2.45, 2.75) is 97.0 Å². The van der Waals surface area contributed by atoms with Crippen molar-refractivity contribution in [3.63, 3.8) is 0 Å². The summed E-state index contributed by atoms with van der Waals surface area (Å²) in [6, 6.07) is 0. The summed E-state index contributed by atoms with van der Waals surface area (Å²) >= 11 is 0. The van der Waals surface area contributed by atoms with Gasteiger partial charge in [0.1, 0.15) is 6.10 Å². The summed E-state index contributed by atoms with van der Waals surface area (Å²) in [5.41, 5.74) is 0. The molecule has 21 heavy (non-hydrogen) atoms. The summed E-state index contributed by atoms with van der Waals surface area (Å²) < 4.78 is 5.74. The van der Waals surface area contributed by atoms with Gasteiger partial charge < -0.3 is 4.74 Å². The highest BCUT2D eigenvalue weighted by molar-refractivity contribution is 5.72. The van der Waals surface area contributed by atoms with Crippen molar-refractivity contribution in [3.8, 4) is 0 Å². The van der Waals surface area contributed by atoms with Crippen LogP contribution in [0.1, 0.15) is 90.9 Å². The molecule has 1 unspecified atom stereocenters. The van der Waals surface area contributed by atoms with Crippen LogP contribution in [0.15, 0.2) is 12.2 Å². The first-order valence-electron chi connectivity index (χ1n) is 9.13. The molecular weight excluding hydrogens is 260 g/mol. The van der Waals surface area contributed by atoms with Crippen LogP contribution >= 0.6 is 0 Å². The van der Waals surface area contributed by atoms with Crippen LogP contribution in [0, 0.1) is 5.92 Å². The highest BCUT2D eigenvalue weighted by atomic mass is 16.5. The van der Waals surface area contributed by atoms with E-state index in [0.29, 0.717) is 0 Å².